The Hall–Kier alpha value is -0.570. The third-order valence-electron chi connectivity index (χ3n) is 5.71. The molecule has 0 aliphatic heterocycles. The van der Waals surface area contributed by atoms with Gasteiger partial charge in [0.15, 0.2) is 0 Å². The van der Waals surface area contributed by atoms with Crippen LogP contribution in [-0.4, -0.2) is 18.0 Å². The molecule has 3 nitrogen and oxygen atoms in total. The summed E-state index contributed by atoms with van der Waals surface area (Å²) in [5, 5.41) is 3.70. The molecule has 0 aliphatic carbocycles. The molecule has 0 heterocycles. The minimum atomic E-state index is -0.535. The molecule has 0 spiro atoms. The zero-order valence-electron chi connectivity index (χ0n) is 17.3. The Balaban J connectivity index is 5.49. The van der Waals surface area contributed by atoms with E-state index >= 15 is 0 Å². The lowest BCUT2D eigenvalue weighted by atomic mass is 9.73. The van der Waals surface area contributed by atoms with E-state index in [4.69, 9.17) is 5.73 Å². The predicted molar refractivity (Wildman–Crippen MR) is 106 cm³/mol. The van der Waals surface area contributed by atoms with Crippen LogP contribution in [0.3, 0.4) is 0 Å². The first kappa shape index (κ1) is 23.4. The van der Waals surface area contributed by atoms with Gasteiger partial charge in [0.05, 0.1) is 0 Å². The third kappa shape index (κ3) is 7.55. The zero-order valence-corrected chi connectivity index (χ0v) is 17.3. The van der Waals surface area contributed by atoms with Crippen LogP contribution < -0.4 is 11.1 Å². The predicted octanol–water partition coefficient (Wildman–Crippen LogP) is 5.42. The number of amides is 1. The van der Waals surface area contributed by atoms with Gasteiger partial charge in [-0.1, -0.05) is 80.1 Å². The normalized spacial score (nSPS) is 14.8. The molecular formula is C21H44N2O. The summed E-state index contributed by atoms with van der Waals surface area (Å²) in [6, 6.07) is 0. The Morgan fingerprint density at radius 2 is 1.46 bits per heavy atom. The van der Waals surface area contributed by atoms with Crippen LogP contribution in [0.25, 0.3) is 0 Å². The zero-order chi connectivity index (χ0) is 18.6. The van der Waals surface area contributed by atoms with Gasteiger partial charge in [0.2, 0.25) is 5.91 Å². The molecule has 0 fully saturated rings. The Morgan fingerprint density at radius 3 is 1.83 bits per heavy atom. The van der Waals surface area contributed by atoms with Crippen LogP contribution >= 0.6 is 0 Å². The molecule has 0 aliphatic rings. The van der Waals surface area contributed by atoms with E-state index in [0.717, 1.165) is 45.1 Å². The number of primary amides is 1. The monoisotopic (exact) mass is 340 g/mol. The fourth-order valence-corrected chi connectivity index (χ4v) is 3.36. The quantitative estimate of drug-likeness (QED) is 0.418. The smallest absolute Gasteiger partial charge is 0.238 e. The van der Waals surface area contributed by atoms with Gasteiger partial charge in [-0.2, -0.15) is 0 Å². The van der Waals surface area contributed by atoms with Crippen molar-refractivity contribution in [2.75, 3.05) is 6.54 Å². The largest absolute Gasteiger partial charge is 0.368 e. The summed E-state index contributed by atoms with van der Waals surface area (Å²) in [6.45, 7) is 14.2. The molecule has 1 atom stereocenters. The summed E-state index contributed by atoms with van der Waals surface area (Å²) < 4.78 is 0. The molecule has 0 aromatic rings. The van der Waals surface area contributed by atoms with Crippen molar-refractivity contribution in [1.29, 1.82) is 0 Å². The van der Waals surface area contributed by atoms with Crippen LogP contribution in [0.1, 0.15) is 106 Å². The Labute approximate surface area is 151 Å². The number of carbonyl (C=O) groups excluding carboxylic acids is 1. The standard InChI is InChI=1S/C21H44N2O/c1-7-11-14-18(15-12-8-2)21(19(22)24,16-13-9-3)23-17-20(5,6)10-4/h18,23H,7-17H2,1-6H3,(H2,22,24). The summed E-state index contributed by atoms with van der Waals surface area (Å²) in [7, 11) is 0. The van der Waals surface area contributed by atoms with Gasteiger partial charge in [0, 0.05) is 6.54 Å². The molecule has 1 unspecified atom stereocenters. The first-order valence-electron chi connectivity index (χ1n) is 10.3. The number of unbranched alkanes of at least 4 members (excludes halogenated alkanes) is 3. The lowest BCUT2D eigenvalue weighted by Crippen LogP contribution is -2.61. The summed E-state index contributed by atoms with van der Waals surface area (Å²) >= 11 is 0. The van der Waals surface area contributed by atoms with Crippen molar-refractivity contribution in [1.82, 2.24) is 5.32 Å². The molecular weight excluding hydrogens is 296 g/mol. The van der Waals surface area contributed by atoms with Gasteiger partial charge < -0.3 is 11.1 Å². The topological polar surface area (TPSA) is 55.1 Å². The second-order valence-corrected chi connectivity index (χ2v) is 8.29. The van der Waals surface area contributed by atoms with Crippen molar-refractivity contribution >= 4 is 5.91 Å². The second-order valence-electron chi connectivity index (χ2n) is 8.29. The van der Waals surface area contributed by atoms with E-state index in [9.17, 15) is 4.79 Å². The Morgan fingerprint density at radius 1 is 0.958 bits per heavy atom. The van der Waals surface area contributed by atoms with Crippen LogP contribution in [0, 0.1) is 11.3 Å². The van der Waals surface area contributed by atoms with Gasteiger partial charge >= 0.3 is 0 Å². The fraction of sp³-hybridized carbons (Fsp3) is 0.952. The summed E-state index contributed by atoms with van der Waals surface area (Å²) in [5.74, 6) is 0.217. The first-order valence-corrected chi connectivity index (χ1v) is 10.3. The maximum absolute atomic E-state index is 12.7. The van der Waals surface area contributed by atoms with Crippen LogP contribution in [0.5, 0.6) is 0 Å². The highest BCUT2D eigenvalue weighted by molar-refractivity contribution is 5.85. The van der Waals surface area contributed by atoms with Crippen LogP contribution in [-0.2, 0) is 4.79 Å². The molecule has 0 aromatic heterocycles. The Bertz CT molecular complexity index is 333. The minimum absolute atomic E-state index is 0.139. The van der Waals surface area contributed by atoms with Crippen molar-refractivity contribution < 1.29 is 4.79 Å². The van der Waals surface area contributed by atoms with Gasteiger partial charge in [0.1, 0.15) is 5.54 Å². The highest BCUT2D eigenvalue weighted by Gasteiger charge is 2.43. The number of hydrogen-bond acceptors (Lipinski definition) is 2. The molecule has 0 saturated heterocycles. The van der Waals surface area contributed by atoms with Gasteiger partial charge in [-0.05, 0) is 37.0 Å². The van der Waals surface area contributed by atoms with Crippen molar-refractivity contribution in [3.8, 4) is 0 Å². The summed E-state index contributed by atoms with van der Waals surface area (Å²) in [6.07, 6.45) is 11.0. The van der Waals surface area contributed by atoms with Crippen molar-refractivity contribution in [2.24, 2.45) is 17.1 Å². The number of nitrogens with one attached hydrogen (secondary N) is 1. The van der Waals surface area contributed by atoms with E-state index in [-0.39, 0.29) is 11.3 Å². The molecule has 0 radical (unpaired) electrons. The van der Waals surface area contributed by atoms with Crippen LogP contribution in [0.4, 0.5) is 0 Å². The lowest BCUT2D eigenvalue weighted by molar-refractivity contribution is -0.128. The van der Waals surface area contributed by atoms with E-state index in [1.807, 2.05) is 0 Å². The number of hydrogen-bond donors (Lipinski definition) is 2. The summed E-state index contributed by atoms with van der Waals surface area (Å²) in [5.41, 5.74) is 5.68. The fourth-order valence-electron chi connectivity index (χ4n) is 3.36. The lowest BCUT2D eigenvalue weighted by Gasteiger charge is -2.42. The number of rotatable bonds is 15. The molecule has 3 N–H and O–H groups in total. The van der Waals surface area contributed by atoms with Crippen molar-refractivity contribution in [2.45, 2.75) is 111 Å². The van der Waals surface area contributed by atoms with Gasteiger partial charge in [-0.3, -0.25) is 4.79 Å². The number of carbonyl (C=O) groups is 1. The van der Waals surface area contributed by atoms with Gasteiger partial charge in [0.25, 0.3) is 0 Å². The minimum Gasteiger partial charge on any atom is -0.368 e. The van der Waals surface area contributed by atoms with Crippen molar-refractivity contribution in [3.63, 3.8) is 0 Å². The van der Waals surface area contributed by atoms with Gasteiger partial charge in [-0.25, -0.2) is 0 Å². The Kier molecular flexibility index (Phi) is 11.6. The van der Waals surface area contributed by atoms with E-state index in [2.05, 4.69) is 46.9 Å². The highest BCUT2D eigenvalue weighted by atomic mass is 16.1. The number of nitrogens with two attached hydrogens (primary N) is 1. The average Bonchev–Trinajstić information content (AvgIpc) is 2.55. The summed E-state index contributed by atoms with van der Waals surface area (Å²) in [4.78, 5) is 12.7. The SMILES string of the molecule is CCCCC(CCCC)C(CCCC)(NCC(C)(C)CC)C(N)=O. The van der Waals surface area contributed by atoms with Crippen LogP contribution in [0.15, 0.2) is 0 Å². The average molecular weight is 341 g/mol. The third-order valence-corrected chi connectivity index (χ3v) is 5.71. The van der Waals surface area contributed by atoms with E-state index in [0.29, 0.717) is 5.92 Å². The molecule has 144 valence electrons. The molecule has 24 heavy (non-hydrogen) atoms. The maximum atomic E-state index is 12.7. The molecule has 1 amide bonds. The van der Waals surface area contributed by atoms with E-state index in [1.54, 1.807) is 0 Å². The van der Waals surface area contributed by atoms with Crippen molar-refractivity contribution in [3.05, 3.63) is 0 Å². The highest BCUT2D eigenvalue weighted by Crippen LogP contribution is 2.34. The molecule has 3 heteroatoms. The second kappa shape index (κ2) is 11.9. The molecule has 0 saturated carbocycles. The molecule has 0 bridgehead atoms. The van der Waals surface area contributed by atoms with E-state index in [1.165, 1.54) is 25.7 Å². The maximum Gasteiger partial charge on any atom is 0.238 e. The van der Waals surface area contributed by atoms with E-state index < -0.39 is 5.54 Å². The van der Waals surface area contributed by atoms with Gasteiger partial charge in [-0.15, -0.1) is 0 Å². The first-order chi connectivity index (χ1) is 11.3. The molecule has 0 rings (SSSR count). The molecule has 0 aromatic carbocycles. The van der Waals surface area contributed by atoms with Crippen LogP contribution in [0.2, 0.25) is 0 Å².